The van der Waals surface area contributed by atoms with E-state index in [2.05, 4.69) is 10.3 Å². The Morgan fingerprint density at radius 3 is 2.45 bits per heavy atom. The van der Waals surface area contributed by atoms with E-state index in [4.69, 9.17) is 23.2 Å². The van der Waals surface area contributed by atoms with Crippen LogP contribution in [-0.2, 0) is 16.1 Å². The summed E-state index contributed by atoms with van der Waals surface area (Å²) in [6.07, 6.45) is 8.57. The molecule has 1 aromatic heterocycles. The van der Waals surface area contributed by atoms with Gasteiger partial charge in [0.1, 0.15) is 11.9 Å². The van der Waals surface area contributed by atoms with Gasteiger partial charge in [-0.05, 0) is 42.2 Å². The number of rotatable bonds is 7. The minimum atomic E-state index is -0.803. The van der Waals surface area contributed by atoms with Crippen LogP contribution < -0.4 is 5.32 Å². The van der Waals surface area contributed by atoms with E-state index in [1.165, 1.54) is 11.3 Å². The van der Waals surface area contributed by atoms with Crippen molar-refractivity contribution in [1.82, 2.24) is 15.2 Å². The normalized spacial score (nSPS) is 15.5. The molecule has 154 valence electrons. The van der Waals surface area contributed by atoms with Crippen molar-refractivity contribution in [3.05, 3.63) is 64.9 Å². The highest BCUT2D eigenvalue weighted by molar-refractivity contribution is 6.31. The predicted molar refractivity (Wildman–Crippen MR) is 115 cm³/mol. The van der Waals surface area contributed by atoms with Crippen molar-refractivity contribution >= 4 is 35.0 Å². The number of carbonyl (C=O) groups is 2. The lowest BCUT2D eigenvalue weighted by atomic mass is 9.94. The van der Waals surface area contributed by atoms with Crippen LogP contribution in [0.15, 0.2) is 48.8 Å². The third kappa shape index (κ3) is 5.71. The van der Waals surface area contributed by atoms with Crippen LogP contribution in [0.2, 0.25) is 5.02 Å². The fraction of sp³-hybridized carbons (Fsp3) is 0.409. The molecule has 3 rings (SSSR count). The van der Waals surface area contributed by atoms with Gasteiger partial charge in [-0.25, -0.2) is 0 Å². The first kappa shape index (κ1) is 21.6. The van der Waals surface area contributed by atoms with E-state index in [0.29, 0.717) is 10.6 Å². The number of pyridine rings is 1. The second-order valence-electron chi connectivity index (χ2n) is 7.27. The molecule has 1 atom stereocenters. The molecule has 1 aromatic carbocycles. The van der Waals surface area contributed by atoms with Crippen LogP contribution in [0, 0.1) is 0 Å². The molecule has 0 saturated heterocycles. The lowest BCUT2D eigenvalue weighted by Gasteiger charge is -2.33. The standard InChI is InChI=1S/C22H25Cl2N3O2/c23-14-20(28)27(15-17-6-4-5-9-19(17)24)21(16-10-12-25-13-11-16)22(29)26-18-7-2-1-3-8-18/h4-6,9-13,18,21H,1-3,7-8,14-15H2,(H,26,29). The van der Waals surface area contributed by atoms with Crippen LogP contribution >= 0.6 is 23.2 Å². The second kappa shape index (κ2) is 10.6. The number of nitrogens with zero attached hydrogens (tertiary/aromatic N) is 2. The van der Waals surface area contributed by atoms with Crippen LogP contribution in [0.1, 0.15) is 49.3 Å². The number of hydrogen-bond donors (Lipinski definition) is 1. The smallest absolute Gasteiger partial charge is 0.247 e. The average Bonchev–Trinajstić information content (AvgIpc) is 2.75. The van der Waals surface area contributed by atoms with E-state index < -0.39 is 6.04 Å². The highest BCUT2D eigenvalue weighted by Crippen LogP contribution is 2.27. The zero-order valence-electron chi connectivity index (χ0n) is 16.2. The van der Waals surface area contributed by atoms with Crippen LogP contribution in [-0.4, -0.2) is 33.6 Å². The van der Waals surface area contributed by atoms with E-state index in [9.17, 15) is 9.59 Å². The largest absolute Gasteiger partial charge is 0.351 e. The average molecular weight is 434 g/mol. The summed E-state index contributed by atoms with van der Waals surface area (Å²) in [7, 11) is 0. The van der Waals surface area contributed by atoms with E-state index in [0.717, 1.165) is 31.2 Å². The Balaban J connectivity index is 1.92. The van der Waals surface area contributed by atoms with Gasteiger partial charge >= 0.3 is 0 Å². The molecule has 29 heavy (non-hydrogen) atoms. The summed E-state index contributed by atoms with van der Waals surface area (Å²) in [4.78, 5) is 31.7. The van der Waals surface area contributed by atoms with Crippen molar-refractivity contribution in [2.75, 3.05) is 5.88 Å². The number of hydrogen-bond acceptors (Lipinski definition) is 3. The van der Waals surface area contributed by atoms with Gasteiger partial charge in [0.25, 0.3) is 0 Å². The molecule has 5 nitrogen and oxygen atoms in total. The lowest BCUT2D eigenvalue weighted by Crippen LogP contribution is -2.47. The maximum absolute atomic E-state index is 13.3. The Hall–Kier alpha value is -2.11. The Morgan fingerprint density at radius 2 is 1.79 bits per heavy atom. The molecule has 0 spiro atoms. The Morgan fingerprint density at radius 1 is 1.10 bits per heavy atom. The maximum Gasteiger partial charge on any atom is 0.247 e. The van der Waals surface area contributed by atoms with E-state index in [-0.39, 0.29) is 30.3 Å². The topological polar surface area (TPSA) is 62.3 Å². The molecule has 1 unspecified atom stereocenters. The van der Waals surface area contributed by atoms with E-state index >= 15 is 0 Å². The fourth-order valence-corrected chi connectivity index (χ4v) is 4.11. The Kier molecular flexibility index (Phi) is 7.90. The van der Waals surface area contributed by atoms with Gasteiger partial charge in [0.15, 0.2) is 0 Å². The number of aromatic nitrogens is 1. The van der Waals surface area contributed by atoms with E-state index in [1.807, 2.05) is 18.2 Å². The van der Waals surface area contributed by atoms with Crippen molar-refractivity contribution in [2.24, 2.45) is 0 Å². The molecule has 0 aliphatic heterocycles. The summed E-state index contributed by atoms with van der Waals surface area (Å²) in [5.41, 5.74) is 1.45. The predicted octanol–water partition coefficient (Wildman–Crippen LogP) is 4.49. The van der Waals surface area contributed by atoms with Crippen molar-refractivity contribution in [3.8, 4) is 0 Å². The monoisotopic (exact) mass is 433 g/mol. The number of benzene rings is 1. The van der Waals surface area contributed by atoms with Crippen LogP contribution in [0.3, 0.4) is 0 Å². The Labute approximate surface area is 181 Å². The summed E-state index contributed by atoms with van der Waals surface area (Å²) in [5, 5.41) is 3.69. The lowest BCUT2D eigenvalue weighted by molar-refractivity contribution is -0.140. The van der Waals surface area contributed by atoms with Gasteiger partial charge in [-0.1, -0.05) is 49.1 Å². The highest BCUT2D eigenvalue weighted by Gasteiger charge is 2.32. The van der Waals surface area contributed by atoms with Gasteiger partial charge in [-0.2, -0.15) is 0 Å². The van der Waals surface area contributed by atoms with Crippen molar-refractivity contribution in [1.29, 1.82) is 0 Å². The molecule has 2 aromatic rings. The molecule has 1 fully saturated rings. The zero-order chi connectivity index (χ0) is 20.6. The second-order valence-corrected chi connectivity index (χ2v) is 7.95. The summed E-state index contributed by atoms with van der Waals surface area (Å²) >= 11 is 12.2. The molecule has 0 bridgehead atoms. The molecule has 1 aliphatic rings. The molecular weight excluding hydrogens is 409 g/mol. The fourth-order valence-electron chi connectivity index (χ4n) is 3.76. The number of halogens is 2. The maximum atomic E-state index is 13.3. The molecular formula is C22H25Cl2N3O2. The van der Waals surface area contributed by atoms with Crippen LogP contribution in [0.5, 0.6) is 0 Å². The first-order valence-corrected chi connectivity index (χ1v) is 10.8. The first-order chi connectivity index (χ1) is 14.1. The molecule has 2 amide bonds. The van der Waals surface area contributed by atoms with Gasteiger partial charge in [0, 0.05) is 30.0 Å². The molecule has 1 N–H and O–H groups in total. The van der Waals surface area contributed by atoms with Crippen molar-refractivity contribution in [2.45, 2.75) is 50.7 Å². The first-order valence-electron chi connectivity index (χ1n) is 9.89. The molecule has 1 saturated carbocycles. The number of amides is 2. The van der Waals surface area contributed by atoms with Crippen molar-refractivity contribution < 1.29 is 9.59 Å². The summed E-state index contributed by atoms with van der Waals surface area (Å²) in [5.74, 6) is -0.747. The minimum Gasteiger partial charge on any atom is -0.351 e. The van der Waals surface area contributed by atoms with Crippen LogP contribution in [0.25, 0.3) is 0 Å². The molecule has 0 radical (unpaired) electrons. The zero-order valence-corrected chi connectivity index (χ0v) is 17.7. The van der Waals surface area contributed by atoms with Crippen molar-refractivity contribution in [3.63, 3.8) is 0 Å². The summed E-state index contributed by atoms with van der Waals surface area (Å²) in [6, 6.07) is 10.1. The van der Waals surface area contributed by atoms with Crippen LogP contribution in [0.4, 0.5) is 0 Å². The van der Waals surface area contributed by atoms with E-state index in [1.54, 1.807) is 30.6 Å². The summed E-state index contributed by atoms with van der Waals surface area (Å²) in [6.45, 7) is 0.191. The van der Waals surface area contributed by atoms with Gasteiger partial charge in [0.05, 0.1) is 0 Å². The quantitative estimate of drug-likeness (QED) is 0.653. The van der Waals surface area contributed by atoms with Gasteiger partial charge in [-0.3, -0.25) is 14.6 Å². The number of nitrogens with one attached hydrogen (secondary N) is 1. The van der Waals surface area contributed by atoms with Gasteiger partial charge < -0.3 is 10.2 Å². The molecule has 1 aliphatic carbocycles. The summed E-state index contributed by atoms with van der Waals surface area (Å²) < 4.78 is 0. The van der Waals surface area contributed by atoms with Gasteiger partial charge in [0.2, 0.25) is 11.8 Å². The highest BCUT2D eigenvalue weighted by atomic mass is 35.5. The molecule has 1 heterocycles. The Bertz CT molecular complexity index is 826. The minimum absolute atomic E-state index is 0.133. The molecule has 7 heteroatoms. The SMILES string of the molecule is O=C(NC1CCCCC1)C(c1ccncc1)N(Cc1ccccc1Cl)C(=O)CCl. The third-order valence-corrected chi connectivity index (χ3v) is 5.86. The number of carbonyl (C=O) groups excluding carboxylic acids is 2. The number of alkyl halides is 1. The third-order valence-electron chi connectivity index (χ3n) is 5.27. The van der Waals surface area contributed by atoms with Gasteiger partial charge in [-0.15, -0.1) is 11.6 Å².